The second-order valence-electron chi connectivity index (χ2n) is 5.52. The summed E-state index contributed by atoms with van der Waals surface area (Å²) >= 11 is 0. The van der Waals surface area contributed by atoms with E-state index in [1.165, 1.54) is 12.1 Å². The van der Waals surface area contributed by atoms with Gasteiger partial charge >= 0.3 is 0 Å². The molecule has 4 nitrogen and oxygen atoms in total. The first kappa shape index (κ1) is 15.9. The lowest BCUT2D eigenvalue weighted by atomic mass is 10.1. The molecule has 2 rings (SSSR count). The number of hydrogen-bond donors (Lipinski definition) is 1. The van der Waals surface area contributed by atoms with Crippen molar-refractivity contribution in [3.63, 3.8) is 0 Å². The van der Waals surface area contributed by atoms with Crippen LogP contribution in [-0.4, -0.2) is 50.2 Å². The molecule has 0 aliphatic carbocycles. The van der Waals surface area contributed by atoms with Crippen molar-refractivity contribution in [2.75, 3.05) is 33.3 Å². The third-order valence-corrected chi connectivity index (χ3v) is 3.66. The number of nitrogens with zero attached hydrogens (tertiary/aromatic N) is 1. The highest BCUT2D eigenvalue weighted by Gasteiger charge is 2.17. The molecule has 1 fully saturated rings. The van der Waals surface area contributed by atoms with Crippen molar-refractivity contribution in [3.8, 4) is 0 Å². The van der Waals surface area contributed by atoms with Gasteiger partial charge in [-0.1, -0.05) is 12.1 Å². The summed E-state index contributed by atoms with van der Waals surface area (Å²) in [5.74, 6) is -0.255. The van der Waals surface area contributed by atoms with Gasteiger partial charge in [-0.15, -0.1) is 0 Å². The molecule has 116 valence electrons. The zero-order valence-electron chi connectivity index (χ0n) is 12.5. The van der Waals surface area contributed by atoms with Crippen LogP contribution in [0.25, 0.3) is 0 Å². The summed E-state index contributed by atoms with van der Waals surface area (Å²) in [6.07, 6.45) is 1.98. The van der Waals surface area contributed by atoms with Crippen LogP contribution in [0, 0.1) is 5.82 Å². The Kier molecular flexibility index (Phi) is 6.14. The van der Waals surface area contributed by atoms with Gasteiger partial charge < -0.3 is 15.0 Å². The Morgan fingerprint density at radius 1 is 1.52 bits per heavy atom. The van der Waals surface area contributed by atoms with Crippen molar-refractivity contribution < 1.29 is 13.9 Å². The number of halogens is 1. The topological polar surface area (TPSA) is 41.6 Å². The van der Waals surface area contributed by atoms with Gasteiger partial charge in [-0.3, -0.25) is 4.79 Å². The minimum atomic E-state index is -0.258. The minimum Gasteiger partial charge on any atom is -0.375 e. The molecule has 1 amide bonds. The zero-order chi connectivity index (χ0) is 15.1. The molecule has 0 spiro atoms. The second kappa shape index (κ2) is 8.10. The van der Waals surface area contributed by atoms with Crippen molar-refractivity contribution in [3.05, 3.63) is 35.6 Å². The molecule has 1 aromatic carbocycles. The largest absolute Gasteiger partial charge is 0.375 e. The van der Waals surface area contributed by atoms with Crippen molar-refractivity contribution in [2.24, 2.45) is 0 Å². The number of carbonyl (C=O) groups excluding carboxylic acids is 1. The summed E-state index contributed by atoms with van der Waals surface area (Å²) in [5.41, 5.74) is 0.849. The highest BCUT2D eigenvalue weighted by Crippen LogP contribution is 2.07. The van der Waals surface area contributed by atoms with Gasteiger partial charge in [-0.2, -0.15) is 0 Å². The number of likely N-dealkylation sites (N-methyl/N-ethyl adjacent to an activating group) is 1. The molecule has 1 heterocycles. The highest BCUT2D eigenvalue weighted by atomic mass is 19.1. The van der Waals surface area contributed by atoms with E-state index < -0.39 is 0 Å². The summed E-state index contributed by atoms with van der Waals surface area (Å²) in [4.78, 5) is 14.0. The summed E-state index contributed by atoms with van der Waals surface area (Å²) in [5, 5.41) is 2.90. The van der Waals surface area contributed by atoms with Crippen molar-refractivity contribution in [2.45, 2.75) is 25.4 Å². The maximum absolute atomic E-state index is 13.0. The Morgan fingerprint density at radius 3 is 3.14 bits per heavy atom. The van der Waals surface area contributed by atoms with E-state index in [9.17, 15) is 9.18 Å². The molecular weight excluding hydrogens is 271 g/mol. The summed E-state index contributed by atoms with van der Waals surface area (Å²) in [7, 11) is 2.08. The summed E-state index contributed by atoms with van der Waals surface area (Å²) in [6, 6.07) is 6.38. The predicted octanol–water partition coefficient (Wildman–Crippen LogP) is 1.60. The molecule has 0 saturated carbocycles. The Labute approximate surface area is 125 Å². The van der Waals surface area contributed by atoms with E-state index in [0.29, 0.717) is 19.4 Å². The molecule has 1 aliphatic heterocycles. The third-order valence-electron chi connectivity index (χ3n) is 3.66. The van der Waals surface area contributed by atoms with Gasteiger partial charge in [-0.25, -0.2) is 4.39 Å². The first-order chi connectivity index (χ1) is 10.1. The average molecular weight is 294 g/mol. The number of morpholine rings is 1. The van der Waals surface area contributed by atoms with Crippen LogP contribution in [-0.2, 0) is 16.0 Å². The van der Waals surface area contributed by atoms with E-state index in [-0.39, 0.29) is 17.8 Å². The van der Waals surface area contributed by atoms with Crippen LogP contribution in [0.15, 0.2) is 24.3 Å². The number of aryl methyl sites for hydroxylation is 1. The van der Waals surface area contributed by atoms with Crippen LogP contribution in [0.2, 0.25) is 0 Å². The lowest BCUT2D eigenvalue weighted by molar-refractivity contribution is -0.121. The number of benzene rings is 1. The number of amides is 1. The second-order valence-corrected chi connectivity index (χ2v) is 5.52. The number of carbonyl (C=O) groups is 1. The van der Waals surface area contributed by atoms with Gasteiger partial charge in [0.05, 0.1) is 12.7 Å². The third kappa shape index (κ3) is 5.81. The van der Waals surface area contributed by atoms with E-state index in [1.807, 2.05) is 6.07 Å². The van der Waals surface area contributed by atoms with Crippen LogP contribution in [0.5, 0.6) is 0 Å². The molecule has 5 heteroatoms. The molecule has 1 N–H and O–H groups in total. The molecule has 0 aromatic heterocycles. The van der Waals surface area contributed by atoms with Crippen LogP contribution in [0.4, 0.5) is 4.39 Å². The smallest absolute Gasteiger partial charge is 0.220 e. The monoisotopic (exact) mass is 294 g/mol. The molecule has 1 aromatic rings. The van der Waals surface area contributed by atoms with Crippen LogP contribution in [0.3, 0.4) is 0 Å². The predicted molar refractivity (Wildman–Crippen MR) is 79.6 cm³/mol. The molecule has 1 saturated heterocycles. The molecular formula is C16H23FN2O2. The molecule has 21 heavy (non-hydrogen) atoms. The van der Waals surface area contributed by atoms with E-state index in [2.05, 4.69) is 17.3 Å². The molecule has 1 unspecified atom stereocenters. The summed E-state index contributed by atoms with van der Waals surface area (Å²) < 4.78 is 18.7. The maximum atomic E-state index is 13.0. The first-order valence-electron chi connectivity index (χ1n) is 7.45. The Balaban J connectivity index is 1.61. The van der Waals surface area contributed by atoms with E-state index in [1.54, 1.807) is 6.07 Å². The van der Waals surface area contributed by atoms with Crippen molar-refractivity contribution >= 4 is 5.91 Å². The van der Waals surface area contributed by atoms with Crippen molar-refractivity contribution in [1.29, 1.82) is 0 Å². The Bertz CT molecular complexity index is 467. The number of nitrogens with one attached hydrogen (secondary N) is 1. The van der Waals surface area contributed by atoms with E-state index >= 15 is 0 Å². The molecule has 1 atom stereocenters. The Hall–Kier alpha value is -1.46. The van der Waals surface area contributed by atoms with Gasteiger partial charge in [0.2, 0.25) is 5.91 Å². The van der Waals surface area contributed by atoms with Crippen LogP contribution >= 0.6 is 0 Å². The minimum absolute atomic E-state index is 0.00317. The Morgan fingerprint density at radius 2 is 2.38 bits per heavy atom. The zero-order valence-corrected chi connectivity index (χ0v) is 12.5. The van der Waals surface area contributed by atoms with Gasteiger partial charge in [0, 0.05) is 26.1 Å². The quantitative estimate of drug-likeness (QED) is 0.866. The number of rotatable bonds is 6. The molecule has 0 bridgehead atoms. The van der Waals surface area contributed by atoms with Gasteiger partial charge in [0.1, 0.15) is 5.82 Å². The van der Waals surface area contributed by atoms with Crippen LogP contribution < -0.4 is 5.32 Å². The normalized spacial score (nSPS) is 19.4. The molecule has 0 radical (unpaired) electrons. The average Bonchev–Trinajstić information content (AvgIpc) is 2.45. The fourth-order valence-corrected chi connectivity index (χ4v) is 2.45. The number of hydrogen-bond acceptors (Lipinski definition) is 3. The van der Waals surface area contributed by atoms with Gasteiger partial charge in [-0.05, 0) is 37.6 Å². The first-order valence-corrected chi connectivity index (χ1v) is 7.45. The van der Waals surface area contributed by atoms with E-state index in [4.69, 9.17) is 4.74 Å². The standard InChI is InChI=1S/C16H23FN2O2/c1-19-9-10-21-15(12-19)7-8-18-16(20)6-5-13-3-2-4-14(17)11-13/h2-4,11,15H,5-10,12H2,1H3,(H,18,20). The highest BCUT2D eigenvalue weighted by molar-refractivity contribution is 5.76. The lowest BCUT2D eigenvalue weighted by Gasteiger charge is -2.30. The maximum Gasteiger partial charge on any atom is 0.220 e. The number of ether oxygens (including phenoxy) is 1. The SMILES string of the molecule is CN1CCOC(CCNC(=O)CCc2cccc(F)c2)C1. The lowest BCUT2D eigenvalue weighted by Crippen LogP contribution is -2.41. The fourth-order valence-electron chi connectivity index (χ4n) is 2.45. The van der Waals surface area contributed by atoms with Crippen LogP contribution in [0.1, 0.15) is 18.4 Å². The fraction of sp³-hybridized carbons (Fsp3) is 0.562. The molecule has 1 aliphatic rings. The van der Waals surface area contributed by atoms with Gasteiger partial charge in [0.25, 0.3) is 0 Å². The van der Waals surface area contributed by atoms with Gasteiger partial charge in [0.15, 0.2) is 0 Å². The van der Waals surface area contributed by atoms with Crippen molar-refractivity contribution in [1.82, 2.24) is 10.2 Å². The van der Waals surface area contributed by atoms with E-state index in [0.717, 1.165) is 31.7 Å². The summed E-state index contributed by atoms with van der Waals surface area (Å²) in [6.45, 7) is 3.27.